The van der Waals surface area contributed by atoms with Crippen LogP contribution in [0.25, 0.3) is 0 Å². The van der Waals surface area contributed by atoms with Gasteiger partial charge < -0.3 is 24.8 Å². The number of thiophene rings is 1. The van der Waals surface area contributed by atoms with Gasteiger partial charge >= 0.3 is 0 Å². The zero-order chi connectivity index (χ0) is 27.6. The van der Waals surface area contributed by atoms with Crippen LogP contribution in [0, 0.1) is 5.92 Å². The van der Waals surface area contributed by atoms with Gasteiger partial charge in [0, 0.05) is 49.4 Å². The molecule has 1 fully saturated rings. The Morgan fingerprint density at radius 2 is 1.82 bits per heavy atom. The Morgan fingerprint density at radius 1 is 0.975 bits per heavy atom. The van der Waals surface area contributed by atoms with E-state index >= 15 is 0 Å². The number of piperidine rings is 1. The first-order valence-corrected chi connectivity index (χ1v) is 14.2. The fourth-order valence-corrected chi connectivity index (χ4v) is 6.38. The SMILES string of the molecule is COc1ccc(CNC(=O)c2ccc(N3C[C@H]4C[C@@H](C3)c3cccc(=O)n3C4)c(NC(=O)c3cccs3)c2)cc1. The van der Waals surface area contributed by atoms with Gasteiger partial charge in [0.1, 0.15) is 5.75 Å². The van der Waals surface area contributed by atoms with Crippen LogP contribution < -0.4 is 25.8 Å². The molecule has 2 aliphatic rings. The number of fused-ring (bicyclic) bond motifs is 4. The first-order valence-electron chi connectivity index (χ1n) is 13.3. The average molecular weight is 555 g/mol. The minimum absolute atomic E-state index is 0.0505. The van der Waals surface area contributed by atoms with E-state index in [1.807, 2.05) is 64.5 Å². The summed E-state index contributed by atoms with van der Waals surface area (Å²) >= 11 is 1.37. The highest BCUT2D eigenvalue weighted by Crippen LogP contribution is 2.39. The van der Waals surface area contributed by atoms with Gasteiger partial charge in [-0.1, -0.05) is 24.3 Å². The van der Waals surface area contributed by atoms with Gasteiger partial charge in [0.2, 0.25) is 0 Å². The van der Waals surface area contributed by atoms with E-state index in [1.165, 1.54) is 11.3 Å². The van der Waals surface area contributed by atoms with Crippen molar-refractivity contribution in [3.05, 3.63) is 110 Å². The van der Waals surface area contributed by atoms with Gasteiger partial charge in [-0.15, -0.1) is 11.3 Å². The van der Waals surface area contributed by atoms with Crippen LogP contribution in [0.4, 0.5) is 11.4 Å². The number of benzene rings is 2. The van der Waals surface area contributed by atoms with E-state index in [0.717, 1.165) is 42.2 Å². The Hall–Kier alpha value is -4.37. The third kappa shape index (κ3) is 5.24. The molecule has 40 heavy (non-hydrogen) atoms. The number of carbonyl (C=O) groups is 2. The number of hydrogen-bond donors (Lipinski definition) is 2. The second kappa shape index (κ2) is 11.0. The van der Waals surface area contributed by atoms with Crippen molar-refractivity contribution in [3.63, 3.8) is 0 Å². The molecule has 2 bridgehead atoms. The smallest absolute Gasteiger partial charge is 0.265 e. The van der Waals surface area contributed by atoms with E-state index in [1.54, 1.807) is 25.3 Å². The second-order valence-corrected chi connectivity index (χ2v) is 11.2. The molecule has 2 amide bonds. The number of aromatic nitrogens is 1. The van der Waals surface area contributed by atoms with Crippen LogP contribution in [-0.2, 0) is 13.1 Å². The number of hydrogen-bond acceptors (Lipinski definition) is 6. The summed E-state index contributed by atoms with van der Waals surface area (Å²) in [5, 5.41) is 7.90. The summed E-state index contributed by atoms with van der Waals surface area (Å²) in [5.74, 6) is 0.863. The molecule has 2 aromatic heterocycles. The van der Waals surface area contributed by atoms with Crippen molar-refractivity contribution in [1.82, 2.24) is 9.88 Å². The number of carbonyl (C=O) groups excluding carboxylic acids is 2. The van der Waals surface area contributed by atoms with E-state index < -0.39 is 0 Å². The summed E-state index contributed by atoms with van der Waals surface area (Å²) < 4.78 is 7.11. The van der Waals surface area contributed by atoms with Crippen molar-refractivity contribution < 1.29 is 14.3 Å². The summed E-state index contributed by atoms with van der Waals surface area (Å²) in [4.78, 5) is 41.6. The van der Waals surface area contributed by atoms with Gasteiger partial charge in [0.25, 0.3) is 17.4 Å². The molecule has 9 heteroatoms. The quantitative estimate of drug-likeness (QED) is 0.345. The van der Waals surface area contributed by atoms with Gasteiger partial charge in [-0.3, -0.25) is 14.4 Å². The molecule has 2 aliphatic heterocycles. The topological polar surface area (TPSA) is 92.7 Å². The predicted molar refractivity (Wildman–Crippen MR) is 157 cm³/mol. The summed E-state index contributed by atoms with van der Waals surface area (Å²) in [7, 11) is 1.62. The summed E-state index contributed by atoms with van der Waals surface area (Å²) in [6, 6.07) is 22.2. The maximum Gasteiger partial charge on any atom is 0.265 e. The molecule has 0 unspecified atom stereocenters. The number of nitrogens with one attached hydrogen (secondary N) is 2. The van der Waals surface area contributed by atoms with Crippen molar-refractivity contribution in [2.45, 2.75) is 25.4 Å². The largest absolute Gasteiger partial charge is 0.497 e. The standard InChI is InChI=1S/C31H30N4O4S/c1-39-24-10-7-20(8-11-24)16-32-30(37)22-9-12-27(25(15-22)33-31(38)28-5-3-13-40-28)34-17-21-14-23(19-34)26-4-2-6-29(36)35(26)18-21/h2-13,15,21,23H,14,16-19H2,1H3,(H,32,37)(H,33,38)/t21-,23+/m1/s1. The Balaban J connectivity index is 1.26. The van der Waals surface area contributed by atoms with E-state index in [2.05, 4.69) is 15.5 Å². The van der Waals surface area contributed by atoms with Crippen molar-refractivity contribution in [2.75, 3.05) is 30.4 Å². The highest BCUT2D eigenvalue weighted by atomic mass is 32.1. The molecule has 0 spiro atoms. The van der Waals surface area contributed by atoms with Gasteiger partial charge in [-0.05, 0) is 65.7 Å². The van der Waals surface area contributed by atoms with Crippen molar-refractivity contribution in [2.24, 2.45) is 5.92 Å². The zero-order valence-corrected chi connectivity index (χ0v) is 22.9. The normalized spacial score (nSPS) is 17.6. The minimum atomic E-state index is -0.224. The molecule has 0 radical (unpaired) electrons. The molecule has 4 aromatic rings. The number of nitrogens with zero attached hydrogens (tertiary/aromatic N) is 2. The molecule has 2 aromatic carbocycles. The Labute approximate surface area is 236 Å². The fourth-order valence-electron chi connectivity index (χ4n) is 5.77. The maximum absolute atomic E-state index is 13.1. The monoisotopic (exact) mass is 554 g/mol. The molecule has 2 N–H and O–H groups in total. The number of rotatable bonds is 7. The van der Waals surface area contributed by atoms with Crippen molar-refractivity contribution >= 4 is 34.5 Å². The van der Waals surface area contributed by atoms with E-state index in [-0.39, 0.29) is 23.3 Å². The zero-order valence-electron chi connectivity index (χ0n) is 22.1. The molecule has 1 saturated heterocycles. The molecule has 0 aliphatic carbocycles. The van der Waals surface area contributed by atoms with Gasteiger partial charge in [0.15, 0.2) is 0 Å². The lowest BCUT2D eigenvalue weighted by Gasteiger charge is -2.44. The van der Waals surface area contributed by atoms with Crippen LogP contribution in [0.15, 0.2) is 83.0 Å². The van der Waals surface area contributed by atoms with E-state index in [0.29, 0.717) is 35.1 Å². The third-order valence-corrected chi connectivity index (χ3v) is 8.55. The first kappa shape index (κ1) is 25.9. The minimum Gasteiger partial charge on any atom is -0.497 e. The lowest BCUT2D eigenvalue weighted by Crippen LogP contribution is -2.47. The number of pyridine rings is 1. The van der Waals surface area contributed by atoms with E-state index in [9.17, 15) is 14.4 Å². The number of anilines is 2. The van der Waals surface area contributed by atoms with Crippen LogP contribution in [-0.4, -0.2) is 36.6 Å². The Bertz CT molecular complexity index is 1600. The highest BCUT2D eigenvalue weighted by Gasteiger charge is 2.35. The fraction of sp³-hybridized carbons (Fsp3) is 0.258. The summed E-state index contributed by atoms with van der Waals surface area (Å²) in [5.41, 5.74) is 4.00. The average Bonchev–Trinajstić information content (AvgIpc) is 3.52. The van der Waals surface area contributed by atoms with E-state index in [4.69, 9.17) is 4.74 Å². The van der Waals surface area contributed by atoms with Crippen molar-refractivity contribution in [1.29, 1.82) is 0 Å². The Kier molecular flexibility index (Phi) is 7.13. The Morgan fingerprint density at radius 3 is 2.60 bits per heavy atom. The maximum atomic E-state index is 13.1. The van der Waals surface area contributed by atoms with Crippen LogP contribution in [0.5, 0.6) is 5.75 Å². The molecule has 0 saturated carbocycles. The van der Waals surface area contributed by atoms with Gasteiger partial charge in [-0.25, -0.2) is 0 Å². The summed E-state index contributed by atoms with van der Waals surface area (Å²) in [6.07, 6.45) is 1.03. The lowest BCUT2D eigenvalue weighted by molar-refractivity contribution is 0.0949. The highest BCUT2D eigenvalue weighted by molar-refractivity contribution is 7.12. The summed E-state index contributed by atoms with van der Waals surface area (Å²) in [6.45, 7) is 2.55. The molecular formula is C31H30N4O4S. The second-order valence-electron chi connectivity index (χ2n) is 10.3. The van der Waals surface area contributed by atoms with Crippen molar-refractivity contribution in [3.8, 4) is 5.75 Å². The molecular weight excluding hydrogens is 524 g/mol. The third-order valence-electron chi connectivity index (χ3n) is 7.68. The first-order chi connectivity index (χ1) is 19.5. The van der Waals surface area contributed by atoms with Crippen LogP contribution in [0.3, 0.4) is 0 Å². The predicted octanol–water partition coefficient (Wildman–Crippen LogP) is 4.72. The van der Waals surface area contributed by atoms with Gasteiger partial charge in [-0.2, -0.15) is 0 Å². The lowest BCUT2D eigenvalue weighted by atomic mass is 9.83. The molecule has 204 valence electrons. The molecule has 6 rings (SSSR count). The molecule has 8 nitrogen and oxygen atoms in total. The van der Waals surface area contributed by atoms with Gasteiger partial charge in [0.05, 0.1) is 23.4 Å². The van der Waals surface area contributed by atoms with Crippen LogP contribution in [0.2, 0.25) is 0 Å². The number of methoxy groups -OCH3 is 1. The number of amides is 2. The molecule has 4 heterocycles. The number of ether oxygens (including phenoxy) is 1. The molecule has 2 atom stereocenters. The van der Waals surface area contributed by atoms with Crippen LogP contribution >= 0.6 is 11.3 Å². The van der Waals surface area contributed by atoms with Crippen LogP contribution in [0.1, 0.15) is 43.6 Å².